The molecule has 1 aromatic carbocycles. The van der Waals surface area contributed by atoms with Gasteiger partial charge in [0.25, 0.3) is 5.91 Å². The maximum atomic E-state index is 12.5. The van der Waals surface area contributed by atoms with E-state index in [4.69, 9.17) is 0 Å². The minimum absolute atomic E-state index is 0.182. The summed E-state index contributed by atoms with van der Waals surface area (Å²) in [5.74, 6) is -0.182. The van der Waals surface area contributed by atoms with E-state index >= 15 is 0 Å². The van der Waals surface area contributed by atoms with Gasteiger partial charge in [-0.05, 0) is 57.8 Å². The van der Waals surface area contributed by atoms with Crippen LogP contribution in [0, 0.1) is 11.3 Å². The number of piperidine rings is 1. The second-order valence-electron chi connectivity index (χ2n) is 7.02. The van der Waals surface area contributed by atoms with Crippen molar-refractivity contribution >= 4 is 5.91 Å². The molecule has 0 saturated carbocycles. The van der Waals surface area contributed by atoms with E-state index in [-0.39, 0.29) is 17.5 Å². The fourth-order valence-corrected chi connectivity index (χ4v) is 3.26. The first-order chi connectivity index (χ1) is 12.6. The summed E-state index contributed by atoms with van der Waals surface area (Å²) in [7, 11) is 3.91. The van der Waals surface area contributed by atoms with Crippen LogP contribution in [-0.2, 0) is 11.2 Å². The highest BCUT2D eigenvalue weighted by molar-refractivity contribution is 5.97. The van der Waals surface area contributed by atoms with Crippen molar-refractivity contribution in [3.63, 3.8) is 0 Å². The molecule has 0 atom stereocenters. The predicted molar refractivity (Wildman–Crippen MR) is 104 cm³/mol. The number of aryl methyl sites for hydroxylation is 1. The molecule has 0 aliphatic carbocycles. The van der Waals surface area contributed by atoms with Crippen LogP contribution >= 0.6 is 0 Å². The second-order valence-corrected chi connectivity index (χ2v) is 7.02. The van der Waals surface area contributed by atoms with Crippen LogP contribution in [0.5, 0.6) is 0 Å². The Labute approximate surface area is 157 Å². The van der Waals surface area contributed by atoms with Crippen LogP contribution in [0.1, 0.15) is 31.2 Å². The lowest BCUT2D eigenvalue weighted by Crippen LogP contribution is -2.45. The van der Waals surface area contributed by atoms with Crippen molar-refractivity contribution in [2.45, 2.75) is 38.1 Å². The minimum Gasteiger partial charge on any atom is -0.390 e. The maximum Gasteiger partial charge on any atom is 0.265 e. The zero-order chi connectivity index (χ0) is 18.8. The highest BCUT2D eigenvalue weighted by atomic mass is 16.2. The average Bonchev–Trinajstić information content (AvgIpc) is 2.68. The summed E-state index contributed by atoms with van der Waals surface area (Å²) in [6.45, 7) is 2.75. The first-order valence-corrected chi connectivity index (χ1v) is 9.45. The number of likely N-dealkylation sites (N-methyl/N-ethyl adjacent to an activating group) is 1. The van der Waals surface area contributed by atoms with Crippen LogP contribution in [-0.4, -0.2) is 55.5 Å². The third kappa shape index (κ3) is 6.20. The molecule has 5 nitrogen and oxygen atoms in total. The standard InChI is InChI=1S/C21H30N4O/c1-24-14-11-20(12-15-24)25(2)21(26)19(16-22)17-23-13-7-6-10-18-8-4-3-5-9-18/h3-5,8-9,17,20,23H,6-7,10-15H2,1-2H3/b19-17-. The average molecular weight is 354 g/mol. The number of benzene rings is 1. The van der Waals surface area contributed by atoms with E-state index in [2.05, 4.69) is 41.5 Å². The van der Waals surface area contributed by atoms with Crippen LogP contribution in [0.2, 0.25) is 0 Å². The van der Waals surface area contributed by atoms with Gasteiger partial charge in [-0.15, -0.1) is 0 Å². The van der Waals surface area contributed by atoms with E-state index in [1.54, 1.807) is 11.1 Å². The Kier molecular flexibility index (Phi) is 8.17. The zero-order valence-electron chi connectivity index (χ0n) is 15.9. The van der Waals surface area contributed by atoms with Gasteiger partial charge in [-0.2, -0.15) is 5.26 Å². The molecule has 1 aliphatic rings. The Balaban J connectivity index is 1.72. The van der Waals surface area contributed by atoms with Crippen molar-refractivity contribution in [1.82, 2.24) is 15.1 Å². The number of rotatable bonds is 8. The van der Waals surface area contributed by atoms with Crippen molar-refractivity contribution in [2.75, 3.05) is 33.7 Å². The van der Waals surface area contributed by atoms with E-state index in [0.29, 0.717) is 0 Å². The summed E-state index contributed by atoms with van der Waals surface area (Å²) < 4.78 is 0. The molecule has 2 rings (SSSR count). The summed E-state index contributed by atoms with van der Waals surface area (Å²) in [5, 5.41) is 12.5. The topological polar surface area (TPSA) is 59.4 Å². The van der Waals surface area contributed by atoms with E-state index in [1.165, 1.54) is 5.56 Å². The van der Waals surface area contributed by atoms with Gasteiger partial charge in [-0.1, -0.05) is 30.3 Å². The van der Waals surface area contributed by atoms with Crippen LogP contribution in [0.25, 0.3) is 0 Å². The second kappa shape index (κ2) is 10.6. The Hall–Kier alpha value is -2.32. The highest BCUT2D eigenvalue weighted by Gasteiger charge is 2.25. The Morgan fingerprint density at radius 1 is 1.31 bits per heavy atom. The summed E-state index contributed by atoms with van der Waals surface area (Å²) in [5.41, 5.74) is 1.53. The third-order valence-electron chi connectivity index (χ3n) is 5.03. The molecule has 1 aromatic rings. The normalized spacial score (nSPS) is 16.1. The highest BCUT2D eigenvalue weighted by Crippen LogP contribution is 2.16. The molecule has 0 spiro atoms. The summed E-state index contributed by atoms with van der Waals surface area (Å²) in [6, 6.07) is 12.7. The smallest absolute Gasteiger partial charge is 0.265 e. The minimum atomic E-state index is -0.182. The molecule has 1 amide bonds. The number of hydrogen-bond acceptors (Lipinski definition) is 4. The molecule has 1 aliphatic heterocycles. The zero-order valence-corrected chi connectivity index (χ0v) is 15.9. The van der Waals surface area contributed by atoms with E-state index in [0.717, 1.165) is 51.7 Å². The number of carbonyl (C=O) groups is 1. The van der Waals surface area contributed by atoms with Gasteiger partial charge in [0.2, 0.25) is 0 Å². The molecule has 1 saturated heterocycles. The molecule has 0 radical (unpaired) electrons. The quantitative estimate of drug-likeness (QED) is 0.443. The number of unbranched alkanes of at least 4 members (excludes halogenated alkanes) is 1. The largest absolute Gasteiger partial charge is 0.390 e. The van der Waals surface area contributed by atoms with Crippen molar-refractivity contribution in [1.29, 1.82) is 5.26 Å². The molecule has 5 heteroatoms. The molecular formula is C21H30N4O. The van der Waals surface area contributed by atoms with Crippen LogP contribution < -0.4 is 5.32 Å². The molecule has 0 unspecified atom stereocenters. The number of likely N-dealkylation sites (tertiary alicyclic amines) is 1. The Bertz CT molecular complexity index is 627. The molecular weight excluding hydrogens is 324 g/mol. The number of amides is 1. The molecule has 1 fully saturated rings. The number of hydrogen-bond donors (Lipinski definition) is 1. The number of nitrogens with zero attached hydrogens (tertiary/aromatic N) is 3. The van der Waals surface area contributed by atoms with Crippen molar-refractivity contribution in [3.8, 4) is 6.07 Å². The first kappa shape index (κ1) is 20.0. The van der Waals surface area contributed by atoms with Crippen LogP contribution in [0.3, 0.4) is 0 Å². The van der Waals surface area contributed by atoms with Crippen molar-refractivity contribution < 1.29 is 4.79 Å². The summed E-state index contributed by atoms with van der Waals surface area (Å²) in [6.07, 6.45) is 6.64. The van der Waals surface area contributed by atoms with Gasteiger partial charge in [0, 0.05) is 25.8 Å². The lowest BCUT2D eigenvalue weighted by Gasteiger charge is -2.34. The molecule has 1 heterocycles. The Morgan fingerprint density at radius 2 is 2.00 bits per heavy atom. The van der Waals surface area contributed by atoms with Gasteiger partial charge in [-0.25, -0.2) is 0 Å². The number of nitriles is 1. The van der Waals surface area contributed by atoms with Gasteiger partial charge in [0.05, 0.1) is 0 Å². The first-order valence-electron chi connectivity index (χ1n) is 9.45. The van der Waals surface area contributed by atoms with E-state index in [9.17, 15) is 10.1 Å². The fourth-order valence-electron chi connectivity index (χ4n) is 3.26. The fraction of sp³-hybridized carbons (Fsp3) is 0.524. The van der Waals surface area contributed by atoms with Gasteiger partial charge >= 0.3 is 0 Å². The Morgan fingerprint density at radius 3 is 2.65 bits per heavy atom. The number of carbonyl (C=O) groups excluding carboxylic acids is 1. The van der Waals surface area contributed by atoms with Crippen LogP contribution in [0.15, 0.2) is 42.1 Å². The number of nitrogens with one attached hydrogen (secondary N) is 1. The van der Waals surface area contributed by atoms with Gasteiger partial charge in [-0.3, -0.25) is 4.79 Å². The van der Waals surface area contributed by atoms with Gasteiger partial charge in [0.15, 0.2) is 0 Å². The summed E-state index contributed by atoms with van der Waals surface area (Å²) >= 11 is 0. The maximum absolute atomic E-state index is 12.5. The predicted octanol–water partition coefficient (Wildman–Crippen LogP) is 2.56. The van der Waals surface area contributed by atoms with Crippen molar-refractivity contribution in [2.24, 2.45) is 0 Å². The SMILES string of the molecule is CN1CCC(N(C)C(=O)/C(C#N)=C\NCCCCc2ccccc2)CC1. The lowest BCUT2D eigenvalue weighted by molar-refractivity contribution is -0.128. The van der Waals surface area contributed by atoms with Crippen molar-refractivity contribution in [3.05, 3.63) is 47.7 Å². The molecule has 0 bridgehead atoms. The molecule has 140 valence electrons. The van der Waals surface area contributed by atoms with Gasteiger partial charge in [0.1, 0.15) is 11.6 Å². The molecule has 26 heavy (non-hydrogen) atoms. The van der Waals surface area contributed by atoms with Crippen LogP contribution in [0.4, 0.5) is 0 Å². The van der Waals surface area contributed by atoms with E-state index in [1.807, 2.05) is 19.2 Å². The molecule has 0 aromatic heterocycles. The molecule has 1 N–H and O–H groups in total. The van der Waals surface area contributed by atoms with E-state index < -0.39 is 0 Å². The third-order valence-corrected chi connectivity index (χ3v) is 5.03. The van der Waals surface area contributed by atoms with Gasteiger partial charge < -0.3 is 15.1 Å². The lowest BCUT2D eigenvalue weighted by atomic mass is 10.0. The summed E-state index contributed by atoms with van der Waals surface area (Å²) in [4.78, 5) is 16.5. The monoisotopic (exact) mass is 354 g/mol.